The van der Waals surface area contributed by atoms with Gasteiger partial charge < -0.3 is 10.2 Å². The zero-order valence-corrected chi connectivity index (χ0v) is 12.9. The fraction of sp³-hybridized carbons (Fsp3) is 0.571. The number of nitrogens with one attached hydrogen (secondary N) is 2. The first kappa shape index (κ1) is 15.3. The average Bonchev–Trinajstić information content (AvgIpc) is 2.48. The van der Waals surface area contributed by atoms with Gasteiger partial charge in [-0.25, -0.2) is 13.1 Å². The van der Waals surface area contributed by atoms with Crippen molar-refractivity contribution in [3.05, 3.63) is 24.3 Å². The lowest BCUT2D eigenvalue weighted by molar-refractivity contribution is 0.377. The Labute approximate surface area is 121 Å². The van der Waals surface area contributed by atoms with Gasteiger partial charge in [0.2, 0.25) is 10.0 Å². The molecule has 1 heterocycles. The van der Waals surface area contributed by atoms with Crippen molar-refractivity contribution in [2.24, 2.45) is 5.92 Å². The van der Waals surface area contributed by atoms with E-state index < -0.39 is 10.0 Å². The highest BCUT2D eigenvalue weighted by molar-refractivity contribution is 7.89. The molecule has 6 heteroatoms. The quantitative estimate of drug-likeness (QED) is 0.852. The van der Waals surface area contributed by atoms with Crippen LogP contribution in [0, 0.1) is 5.92 Å². The number of anilines is 1. The number of hydrogen-bond donors (Lipinski definition) is 2. The van der Waals surface area contributed by atoms with Gasteiger partial charge in [0.1, 0.15) is 4.90 Å². The average molecular weight is 297 g/mol. The van der Waals surface area contributed by atoms with E-state index in [2.05, 4.69) is 14.9 Å². The maximum absolute atomic E-state index is 12.1. The molecule has 1 aliphatic rings. The molecular weight excluding hydrogens is 274 g/mol. The van der Waals surface area contributed by atoms with Crippen LogP contribution in [0.2, 0.25) is 0 Å². The lowest BCUT2D eigenvalue weighted by atomic mass is 9.97. The van der Waals surface area contributed by atoms with Crippen molar-refractivity contribution in [1.82, 2.24) is 10.0 Å². The number of rotatable bonds is 5. The molecule has 0 unspecified atom stereocenters. The van der Waals surface area contributed by atoms with Crippen LogP contribution in [0.1, 0.15) is 12.8 Å². The summed E-state index contributed by atoms with van der Waals surface area (Å²) in [6, 6.07) is 7.15. The van der Waals surface area contributed by atoms with Crippen LogP contribution in [0.5, 0.6) is 0 Å². The summed E-state index contributed by atoms with van der Waals surface area (Å²) in [6.45, 7) is 2.99. The highest BCUT2D eigenvalue weighted by atomic mass is 32.2. The molecule has 0 aromatic heterocycles. The molecule has 1 aliphatic heterocycles. The second kappa shape index (κ2) is 6.56. The lowest BCUT2D eigenvalue weighted by Crippen LogP contribution is -2.35. The first-order valence-electron chi connectivity index (χ1n) is 6.99. The summed E-state index contributed by atoms with van der Waals surface area (Å²) in [5, 5.41) is 3.35. The molecule has 0 spiro atoms. The summed E-state index contributed by atoms with van der Waals surface area (Å²) in [6.07, 6.45) is 2.29. The maximum atomic E-state index is 12.1. The zero-order valence-electron chi connectivity index (χ0n) is 12.1. The molecule has 0 atom stereocenters. The van der Waals surface area contributed by atoms with Gasteiger partial charge in [-0.2, -0.15) is 0 Å². The fourth-order valence-corrected chi connectivity index (χ4v) is 3.64. The fourth-order valence-electron chi connectivity index (χ4n) is 2.66. The van der Waals surface area contributed by atoms with Crippen molar-refractivity contribution >= 4 is 15.7 Å². The Bertz CT molecular complexity index is 539. The third-order valence-corrected chi connectivity index (χ3v) is 5.29. The molecule has 1 saturated heterocycles. The van der Waals surface area contributed by atoms with Gasteiger partial charge in [-0.1, -0.05) is 12.1 Å². The summed E-state index contributed by atoms with van der Waals surface area (Å²) >= 11 is 0. The van der Waals surface area contributed by atoms with Crippen LogP contribution in [0.3, 0.4) is 0 Å². The molecule has 1 aromatic carbocycles. The van der Waals surface area contributed by atoms with Crippen molar-refractivity contribution in [2.75, 3.05) is 38.6 Å². The van der Waals surface area contributed by atoms with E-state index in [4.69, 9.17) is 0 Å². The van der Waals surface area contributed by atoms with Crippen LogP contribution in [-0.2, 0) is 10.0 Å². The van der Waals surface area contributed by atoms with Crippen molar-refractivity contribution in [2.45, 2.75) is 17.7 Å². The Morgan fingerprint density at radius 3 is 2.60 bits per heavy atom. The molecule has 112 valence electrons. The predicted octanol–water partition coefficient (Wildman–Crippen LogP) is 1.03. The molecule has 20 heavy (non-hydrogen) atoms. The van der Waals surface area contributed by atoms with Crippen LogP contribution >= 0.6 is 0 Å². The number of piperidine rings is 1. The summed E-state index contributed by atoms with van der Waals surface area (Å²) in [7, 11) is -0.0110. The minimum Gasteiger partial charge on any atom is -0.373 e. The monoisotopic (exact) mass is 297 g/mol. The molecule has 0 saturated carbocycles. The van der Waals surface area contributed by atoms with E-state index in [1.165, 1.54) is 7.05 Å². The highest BCUT2D eigenvalue weighted by Gasteiger charge is 2.21. The summed E-state index contributed by atoms with van der Waals surface area (Å²) in [4.78, 5) is 2.40. The van der Waals surface area contributed by atoms with E-state index in [9.17, 15) is 8.42 Å². The molecule has 0 amide bonds. The van der Waals surface area contributed by atoms with Gasteiger partial charge in [0, 0.05) is 13.6 Å². The Hall–Kier alpha value is -1.11. The smallest absolute Gasteiger partial charge is 0.242 e. The van der Waals surface area contributed by atoms with Crippen LogP contribution in [-0.4, -0.2) is 42.1 Å². The minimum absolute atomic E-state index is 0.346. The molecule has 2 rings (SSSR count). The van der Waals surface area contributed by atoms with Crippen molar-refractivity contribution in [3.8, 4) is 0 Å². The molecule has 1 fully saturated rings. The van der Waals surface area contributed by atoms with E-state index in [1.54, 1.807) is 12.1 Å². The topological polar surface area (TPSA) is 61.4 Å². The van der Waals surface area contributed by atoms with E-state index in [0.29, 0.717) is 10.8 Å². The van der Waals surface area contributed by atoms with Gasteiger partial charge in [-0.15, -0.1) is 0 Å². The number of hydrogen-bond acceptors (Lipinski definition) is 4. The second-order valence-electron chi connectivity index (χ2n) is 5.25. The number of para-hydroxylation sites is 1. The third-order valence-electron chi connectivity index (χ3n) is 3.83. The minimum atomic E-state index is -3.42. The van der Waals surface area contributed by atoms with Gasteiger partial charge >= 0.3 is 0 Å². The highest BCUT2D eigenvalue weighted by Crippen LogP contribution is 2.25. The Balaban J connectivity index is 2.19. The number of nitrogens with zero attached hydrogens (tertiary/aromatic N) is 1. The van der Waals surface area contributed by atoms with Crippen molar-refractivity contribution in [3.63, 3.8) is 0 Å². The van der Waals surface area contributed by atoms with E-state index >= 15 is 0 Å². The lowest BCUT2D eigenvalue weighted by Gasteiger charge is -2.29. The summed E-state index contributed by atoms with van der Waals surface area (Å²) < 4.78 is 26.5. The predicted molar refractivity (Wildman–Crippen MR) is 81.6 cm³/mol. The van der Waals surface area contributed by atoms with Gasteiger partial charge in [-0.05, 0) is 51.0 Å². The van der Waals surface area contributed by atoms with E-state index in [-0.39, 0.29) is 0 Å². The van der Waals surface area contributed by atoms with Gasteiger partial charge in [0.15, 0.2) is 0 Å². The zero-order chi connectivity index (χ0) is 14.6. The molecule has 1 aromatic rings. The van der Waals surface area contributed by atoms with Gasteiger partial charge in [-0.3, -0.25) is 0 Å². The largest absolute Gasteiger partial charge is 0.373 e. The number of sulfonamides is 1. The molecule has 5 nitrogen and oxygen atoms in total. The van der Waals surface area contributed by atoms with E-state index in [0.717, 1.165) is 38.2 Å². The third kappa shape index (κ3) is 3.50. The van der Waals surface area contributed by atoms with Gasteiger partial charge in [0.05, 0.1) is 5.69 Å². The second-order valence-corrected chi connectivity index (χ2v) is 7.10. The first-order chi connectivity index (χ1) is 9.54. The Morgan fingerprint density at radius 2 is 1.95 bits per heavy atom. The maximum Gasteiger partial charge on any atom is 0.242 e. The standard InChI is InChI=1S/C14H23N3O2S/c1-15-20(18,19)14-6-4-3-5-13(14)17(2)11-12-7-9-16-10-8-12/h3-6,12,15-16H,7-11H2,1-2H3. The summed E-state index contributed by atoms with van der Waals surface area (Å²) in [5.74, 6) is 0.617. The Morgan fingerprint density at radius 1 is 1.30 bits per heavy atom. The molecule has 0 radical (unpaired) electrons. The van der Waals surface area contributed by atoms with Crippen molar-refractivity contribution in [1.29, 1.82) is 0 Å². The SMILES string of the molecule is CNS(=O)(=O)c1ccccc1N(C)CC1CCNCC1. The molecule has 0 bridgehead atoms. The van der Waals surface area contributed by atoms with Crippen LogP contribution in [0.4, 0.5) is 5.69 Å². The van der Waals surface area contributed by atoms with Crippen LogP contribution in [0.15, 0.2) is 29.2 Å². The van der Waals surface area contributed by atoms with E-state index in [1.807, 2.05) is 19.2 Å². The van der Waals surface area contributed by atoms with Crippen molar-refractivity contribution < 1.29 is 8.42 Å². The first-order valence-corrected chi connectivity index (χ1v) is 8.47. The van der Waals surface area contributed by atoms with Crippen LogP contribution < -0.4 is 14.9 Å². The van der Waals surface area contributed by atoms with Crippen LogP contribution in [0.25, 0.3) is 0 Å². The Kier molecular flexibility index (Phi) is 5.01. The molecular formula is C14H23N3O2S. The molecule has 2 N–H and O–H groups in total. The molecule has 0 aliphatic carbocycles. The number of benzene rings is 1. The summed E-state index contributed by atoms with van der Waals surface area (Å²) in [5.41, 5.74) is 0.764. The normalized spacial score (nSPS) is 17.1. The van der Waals surface area contributed by atoms with Gasteiger partial charge in [0.25, 0.3) is 0 Å².